The van der Waals surface area contributed by atoms with Gasteiger partial charge in [0.15, 0.2) is 0 Å². The quantitative estimate of drug-likeness (QED) is 0.712. The molecular formula is C15H20BrNO4. The molecule has 21 heavy (non-hydrogen) atoms. The van der Waals surface area contributed by atoms with E-state index in [1.807, 2.05) is 19.1 Å². The number of halogens is 1. The number of rotatable bonds is 9. The second kappa shape index (κ2) is 9.39. The summed E-state index contributed by atoms with van der Waals surface area (Å²) in [7, 11) is 0. The Bertz CT molecular complexity index is 478. The van der Waals surface area contributed by atoms with Crippen molar-refractivity contribution < 1.29 is 19.4 Å². The van der Waals surface area contributed by atoms with Crippen LogP contribution in [-0.2, 0) is 9.59 Å². The maximum Gasteiger partial charge on any atom is 0.326 e. The Morgan fingerprint density at radius 3 is 2.81 bits per heavy atom. The summed E-state index contributed by atoms with van der Waals surface area (Å²) in [6.07, 6.45) is 2.24. The molecule has 0 aliphatic rings. The number of benzene rings is 1. The molecule has 2 N–H and O–H groups in total. The number of nitrogens with one attached hydrogen (secondary N) is 1. The highest BCUT2D eigenvalue weighted by molar-refractivity contribution is 9.10. The van der Waals surface area contributed by atoms with Crippen LogP contribution in [0.5, 0.6) is 5.75 Å². The Morgan fingerprint density at radius 2 is 2.19 bits per heavy atom. The Kier molecular flexibility index (Phi) is 7.82. The lowest BCUT2D eigenvalue weighted by Crippen LogP contribution is -2.41. The average molecular weight is 358 g/mol. The summed E-state index contributed by atoms with van der Waals surface area (Å²) >= 11 is 3.33. The minimum absolute atomic E-state index is 0.127. The molecule has 0 bridgehead atoms. The molecule has 1 aromatic rings. The zero-order valence-electron chi connectivity index (χ0n) is 12.0. The molecule has 0 radical (unpaired) electrons. The lowest BCUT2D eigenvalue weighted by Gasteiger charge is -2.14. The third-order valence-corrected chi connectivity index (χ3v) is 3.37. The number of hydrogen-bond donors (Lipinski definition) is 2. The van der Waals surface area contributed by atoms with E-state index in [0.717, 1.165) is 17.3 Å². The second-order valence-electron chi connectivity index (χ2n) is 4.66. The first-order valence-electron chi connectivity index (χ1n) is 6.93. The third-order valence-electron chi connectivity index (χ3n) is 2.87. The van der Waals surface area contributed by atoms with E-state index in [9.17, 15) is 9.59 Å². The van der Waals surface area contributed by atoms with E-state index in [1.54, 1.807) is 12.1 Å². The molecule has 0 unspecified atom stereocenters. The van der Waals surface area contributed by atoms with Crippen molar-refractivity contribution in [1.82, 2.24) is 5.32 Å². The van der Waals surface area contributed by atoms with Crippen LogP contribution in [0.3, 0.4) is 0 Å². The first-order chi connectivity index (χ1) is 10.0. The molecule has 0 aliphatic carbocycles. The number of hydrogen-bond acceptors (Lipinski definition) is 3. The monoisotopic (exact) mass is 357 g/mol. The van der Waals surface area contributed by atoms with E-state index >= 15 is 0 Å². The second-order valence-corrected chi connectivity index (χ2v) is 5.57. The minimum Gasteiger partial charge on any atom is -0.493 e. The fourth-order valence-corrected chi connectivity index (χ4v) is 2.13. The highest BCUT2D eigenvalue weighted by Crippen LogP contribution is 2.17. The van der Waals surface area contributed by atoms with E-state index in [-0.39, 0.29) is 18.9 Å². The highest BCUT2D eigenvalue weighted by atomic mass is 79.9. The third kappa shape index (κ3) is 7.13. The van der Waals surface area contributed by atoms with Crippen LogP contribution in [0.1, 0.15) is 32.6 Å². The lowest BCUT2D eigenvalue weighted by atomic mass is 10.1. The predicted molar refractivity (Wildman–Crippen MR) is 83.3 cm³/mol. The van der Waals surface area contributed by atoms with Gasteiger partial charge in [-0.1, -0.05) is 41.8 Å². The molecule has 116 valence electrons. The number of ether oxygens (including phenoxy) is 1. The van der Waals surface area contributed by atoms with Gasteiger partial charge in [0.1, 0.15) is 11.8 Å². The number of aliphatic carboxylic acids is 1. The molecule has 1 rings (SSSR count). The van der Waals surface area contributed by atoms with Gasteiger partial charge >= 0.3 is 5.97 Å². The summed E-state index contributed by atoms with van der Waals surface area (Å²) in [5.74, 6) is -0.642. The molecule has 0 fully saturated rings. The number of carboxylic acid groups (broad SMARTS) is 1. The van der Waals surface area contributed by atoms with Crippen molar-refractivity contribution in [3.63, 3.8) is 0 Å². The summed E-state index contributed by atoms with van der Waals surface area (Å²) in [6, 6.07) is 6.50. The van der Waals surface area contributed by atoms with E-state index in [0.29, 0.717) is 12.2 Å². The SMILES string of the molecule is CCCC[C@H](NC(=O)CCOc1cccc(Br)c1)C(=O)O. The van der Waals surface area contributed by atoms with Crippen molar-refractivity contribution in [1.29, 1.82) is 0 Å². The van der Waals surface area contributed by atoms with Crippen molar-refractivity contribution in [3.8, 4) is 5.75 Å². The van der Waals surface area contributed by atoms with Crippen LogP contribution in [0.4, 0.5) is 0 Å². The molecule has 1 amide bonds. The first kappa shape index (κ1) is 17.5. The average Bonchev–Trinajstić information content (AvgIpc) is 2.43. The summed E-state index contributed by atoms with van der Waals surface area (Å²) in [4.78, 5) is 22.7. The Morgan fingerprint density at radius 1 is 1.43 bits per heavy atom. The zero-order chi connectivity index (χ0) is 15.7. The van der Waals surface area contributed by atoms with Gasteiger partial charge in [0.2, 0.25) is 5.91 Å². The smallest absolute Gasteiger partial charge is 0.326 e. The van der Waals surface area contributed by atoms with E-state index in [2.05, 4.69) is 21.2 Å². The maximum atomic E-state index is 11.7. The van der Waals surface area contributed by atoms with Crippen molar-refractivity contribution in [3.05, 3.63) is 28.7 Å². The van der Waals surface area contributed by atoms with E-state index in [1.165, 1.54) is 0 Å². The number of amides is 1. The molecule has 1 atom stereocenters. The van der Waals surface area contributed by atoms with Gasteiger partial charge in [-0.2, -0.15) is 0 Å². The van der Waals surface area contributed by atoms with Crippen molar-refractivity contribution in [2.45, 2.75) is 38.6 Å². The fraction of sp³-hybridized carbons (Fsp3) is 0.467. The molecule has 0 aromatic heterocycles. The molecule has 0 heterocycles. The van der Waals surface area contributed by atoms with Crippen LogP contribution < -0.4 is 10.1 Å². The van der Waals surface area contributed by atoms with Crippen molar-refractivity contribution in [2.24, 2.45) is 0 Å². The van der Waals surface area contributed by atoms with Gasteiger partial charge in [0.05, 0.1) is 13.0 Å². The highest BCUT2D eigenvalue weighted by Gasteiger charge is 2.18. The van der Waals surface area contributed by atoms with Crippen LogP contribution >= 0.6 is 15.9 Å². The van der Waals surface area contributed by atoms with Gasteiger partial charge in [-0.25, -0.2) is 4.79 Å². The molecule has 1 aromatic carbocycles. The minimum atomic E-state index is -0.996. The van der Waals surface area contributed by atoms with Crippen LogP contribution in [0.2, 0.25) is 0 Å². The molecular weight excluding hydrogens is 338 g/mol. The Labute approximate surface area is 132 Å². The van der Waals surface area contributed by atoms with Gasteiger partial charge in [-0.15, -0.1) is 0 Å². The molecule has 0 saturated heterocycles. The van der Waals surface area contributed by atoms with E-state index < -0.39 is 12.0 Å². The molecule has 0 spiro atoms. The van der Waals surface area contributed by atoms with Gasteiger partial charge in [0, 0.05) is 4.47 Å². The van der Waals surface area contributed by atoms with Gasteiger partial charge < -0.3 is 15.2 Å². The predicted octanol–water partition coefficient (Wildman–Crippen LogP) is 2.98. The van der Waals surface area contributed by atoms with E-state index in [4.69, 9.17) is 9.84 Å². The number of carbonyl (C=O) groups is 2. The van der Waals surface area contributed by atoms with Crippen molar-refractivity contribution >= 4 is 27.8 Å². The number of carboxylic acids is 1. The Hall–Kier alpha value is -1.56. The van der Waals surface area contributed by atoms with Crippen molar-refractivity contribution in [2.75, 3.05) is 6.61 Å². The number of carbonyl (C=O) groups excluding carboxylic acids is 1. The standard InChI is InChI=1S/C15H20BrNO4/c1-2-3-7-13(15(19)20)17-14(18)8-9-21-12-6-4-5-11(16)10-12/h4-6,10,13H,2-3,7-9H2,1H3,(H,17,18)(H,19,20)/t13-/m0/s1. The molecule has 0 saturated carbocycles. The molecule has 5 nitrogen and oxygen atoms in total. The fourth-order valence-electron chi connectivity index (χ4n) is 1.75. The largest absolute Gasteiger partial charge is 0.493 e. The van der Waals surface area contributed by atoms with Crippen LogP contribution in [0.15, 0.2) is 28.7 Å². The lowest BCUT2D eigenvalue weighted by molar-refractivity contribution is -0.142. The first-order valence-corrected chi connectivity index (χ1v) is 7.72. The topological polar surface area (TPSA) is 75.6 Å². The Balaban J connectivity index is 2.34. The van der Waals surface area contributed by atoms with Gasteiger partial charge in [-0.3, -0.25) is 4.79 Å². The molecule has 0 aliphatic heterocycles. The molecule has 6 heteroatoms. The van der Waals surface area contributed by atoms with Crippen LogP contribution in [-0.4, -0.2) is 29.6 Å². The van der Waals surface area contributed by atoms with Crippen LogP contribution in [0, 0.1) is 0 Å². The van der Waals surface area contributed by atoms with Gasteiger partial charge in [0.25, 0.3) is 0 Å². The van der Waals surface area contributed by atoms with Gasteiger partial charge in [-0.05, 0) is 24.6 Å². The summed E-state index contributed by atoms with van der Waals surface area (Å²) in [6.45, 7) is 2.19. The summed E-state index contributed by atoms with van der Waals surface area (Å²) in [5.41, 5.74) is 0. The maximum absolute atomic E-state index is 11.7. The van der Waals surface area contributed by atoms with Crippen LogP contribution in [0.25, 0.3) is 0 Å². The summed E-state index contributed by atoms with van der Waals surface area (Å²) < 4.78 is 6.34. The number of unbranched alkanes of at least 4 members (excludes halogenated alkanes) is 1. The summed E-state index contributed by atoms with van der Waals surface area (Å²) in [5, 5.41) is 11.6. The zero-order valence-corrected chi connectivity index (χ0v) is 13.6. The normalized spacial score (nSPS) is 11.7.